The van der Waals surface area contributed by atoms with Crippen LogP contribution in [0.2, 0.25) is 0 Å². The molecule has 0 aromatic heterocycles. The van der Waals surface area contributed by atoms with E-state index < -0.39 is 5.97 Å². The van der Waals surface area contributed by atoms with E-state index in [-0.39, 0.29) is 6.54 Å². The maximum Gasteiger partial charge on any atom is 0.317 e. The highest BCUT2D eigenvalue weighted by atomic mass is 16.4. The second-order valence-corrected chi connectivity index (χ2v) is 12.6. The van der Waals surface area contributed by atoms with Crippen molar-refractivity contribution in [3.63, 3.8) is 0 Å². The predicted octanol–water partition coefficient (Wildman–Crippen LogP) is 10.8. The number of hydrogen-bond acceptors (Lipinski definition) is 3. The highest BCUT2D eigenvalue weighted by molar-refractivity contribution is 5.68. The van der Waals surface area contributed by atoms with Crippen molar-refractivity contribution in [3.05, 3.63) is 0 Å². The SMILES string of the molecule is CCCCCCCCCCCCCCCCN(C)CCCCCCCCCCCCCC(C)C.NCC(=O)O. The van der Waals surface area contributed by atoms with Gasteiger partial charge in [0.15, 0.2) is 0 Å². The summed E-state index contributed by atoms with van der Waals surface area (Å²) in [6.45, 7) is 9.35. The van der Waals surface area contributed by atoms with E-state index >= 15 is 0 Å². The molecule has 0 saturated heterocycles. The molecule has 0 aliphatic carbocycles. The Hall–Kier alpha value is -0.610. The van der Waals surface area contributed by atoms with Gasteiger partial charge in [-0.25, -0.2) is 0 Å². The van der Waals surface area contributed by atoms with Crippen LogP contribution in [0.25, 0.3) is 0 Å². The lowest BCUT2D eigenvalue weighted by Gasteiger charge is -2.16. The van der Waals surface area contributed by atoms with Crippen LogP contribution >= 0.6 is 0 Å². The van der Waals surface area contributed by atoms with E-state index in [2.05, 4.69) is 38.5 Å². The summed E-state index contributed by atoms with van der Waals surface area (Å²) in [4.78, 5) is 11.8. The molecule has 0 saturated carbocycles. The van der Waals surface area contributed by atoms with Crippen molar-refractivity contribution in [2.45, 2.75) is 188 Å². The van der Waals surface area contributed by atoms with Gasteiger partial charge in [-0.2, -0.15) is 0 Å². The minimum Gasteiger partial charge on any atom is -0.480 e. The second-order valence-electron chi connectivity index (χ2n) is 12.6. The lowest BCUT2D eigenvalue weighted by molar-refractivity contribution is -0.135. The molecule has 0 aliphatic rings. The second kappa shape index (κ2) is 35.4. The largest absolute Gasteiger partial charge is 0.480 e. The Balaban J connectivity index is 0. The van der Waals surface area contributed by atoms with Crippen LogP contribution in [0.4, 0.5) is 0 Å². The number of aliphatic carboxylic acids is 1. The van der Waals surface area contributed by atoms with Crippen LogP contribution in [0.15, 0.2) is 0 Å². The van der Waals surface area contributed by atoms with Gasteiger partial charge in [-0.3, -0.25) is 4.79 Å². The van der Waals surface area contributed by atoms with E-state index in [1.54, 1.807) is 0 Å². The highest BCUT2D eigenvalue weighted by Gasteiger charge is 2.00. The van der Waals surface area contributed by atoms with E-state index in [9.17, 15) is 4.79 Å². The summed E-state index contributed by atoms with van der Waals surface area (Å²) in [5.41, 5.74) is 4.57. The van der Waals surface area contributed by atoms with Crippen LogP contribution < -0.4 is 5.73 Å². The summed E-state index contributed by atoms with van der Waals surface area (Å²) in [7, 11) is 2.34. The summed E-state index contributed by atoms with van der Waals surface area (Å²) in [6, 6.07) is 0. The molecule has 0 heterocycles. The zero-order valence-electron chi connectivity index (χ0n) is 27.5. The van der Waals surface area contributed by atoms with Crippen LogP contribution in [0.3, 0.4) is 0 Å². The van der Waals surface area contributed by atoms with Crippen molar-refractivity contribution in [1.29, 1.82) is 0 Å². The van der Waals surface area contributed by atoms with Gasteiger partial charge in [0.1, 0.15) is 0 Å². The van der Waals surface area contributed by atoms with Gasteiger partial charge in [0.2, 0.25) is 0 Å². The molecule has 0 rings (SSSR count). The third-order valence-electron chi connectivity index (χ3n) is 7.89. The third kappa shape index (κ3) is 42.0. The average molecular weight is 555 g/mol. The number of carbonyl (C=O) groups is 1. The number of unbranched alkanes of at least 4 members (excludes halogenated alkanes) is 23. The molecule has 0 aromatic carbocycles. The van der Waals surface area contributed by atoms with Gasteiger partial charge in [-0.15, -0.1) is 0 Å². The molecule has 0 bridgehead atoms. The van der Waals surface area contributed by atoms with Crippen molar-refractivity contribution in [2.75, 3.05) is 26.7 Å². The summed E-state index contributed by atoms with van der Waals surface area (Å²) < 4.78 is 0. The number of nitrogens with zero attached hydrogens (tertiary/aromatic N) is 1. The standard InChI is InChI=1S/C33H69N.C2H5NO2/c1-5-6-7-8-9-10-11-12-13-16-19-22-25-28-31-34(4)32-29-26-23-20-17-14-15-18-21-24-27-30-33(2)3;3-1-2(4)5/h33H,5-32H2,1-4H3;1,3H2,(H,4,5). The molecular weight excluding hydrogens is 480 g/mol. The van der Waals surface area contributed by atoms with Crippen molar-refractivity contribution in [1.82, 2.24) is 4.90 Å². The van der Waals surface area contributed by atoms with Gasteiger partial charge in [-0.05, 0) is 38.9 Å². The first-order chi connectivity index (χ1) is 18.9. The number of rotatable bonds is 30. The van der Waals surface area contributed by atoms with Gasteiger partial charge in [0.05, 0.1) is 6.54 Å². The Morgan fingerprint density at radius 3 is 1.08 bits per heavy atom. The molecule has 0 aliphatic heterocycles. The van der Waals surface area contributed by atoms with E-state index in [0.717, 1.165) is 5.92 Å². The molecule has 3 N–H and O–H groups in total. The summed E-state index contributed by atoms with van der Waals surface area (Å²) in [6.07, 6.45) is 37.9. The zero-order chi connectivity index (χ0) is 29.2. The quantitative estimate of drug-likeness (QED) is 0.0866. The van der Waals surface area contributed by atoms with Gasteiger partial charge < -0.3 is 15.7 Å². The molecule has 0 amide bonds. The normalized spacial score (nSPS) is 11.3. The van der Waals surface area contributed by atoms with E-state index in [1.807, 2.05) is 0 Å². The van der Waals surface area contributed by atoms with Gasteiger partial charge >= 0.3 is 5.97 Å². The summed E-state index contributed by atoms with van der Waals surface area (Å²) in [5.74, 6) is -0.0751. The molecule has 0 spiro atoms. The highest BCUT2D eigenvalue weighted by Crippen LogP contribution is 2.15. The van der Waals surface area contributed by atoms with Crippen LogP contribution in [-0.4, -0.2) is 42.7 Å². The number of carboxylic acids is 1. The average Bonchev–Trinajstić information content (AvgIpc) is 2.91. The minimum atomic E-state index is -0.968. The summed E-state index contributed by atoms with van der Waals surface area (Å²) >= 11 is 0. The fourth-order valence-corrected chi connectivity index (χ4v) is 5.21. The van der Waals surface area contributed by atoms with Crippen molar-refractivity contribution in [2.24, 2.45) is 11.7 Å². The fraction of sp³-hybridized carbons (Fsp3) is 0.971. The third-order valence-corrected chi connectivity index (χ3v) is 7.89. The summed E-state index contributed by atoms with van der Waals surface area (Å²) in [5, 5.41) is 7.60. The Morgan fingerprint density at radius 2 is 0.821 bits per heavy atom. The molecule has 0 atom stereocenters. The van der Waals surface area contributed by atoms with Gasteiger partial charge in [0, 0.05) is 0 Å². The van der Waals surface area contributed by atoms with E-state index in [4.69, 9.17) is 5.11 Å². The van der Waals surface area contributed by atoms with Crippen LogP contribution in [0.5, 0.6) is 0 Å². The van der Waals surface area contributed by atoms with Crippen LogP contribution in [0.1, 0.15) is 188 Å². The Labute approximate surface area is 246 Å². The van der Waals surface area contributed by atoms with Crippen molar-refractivity contribution < 1.29 is 9.90 Å². The molecule has 4 heteroatoms. The molecular formula is C35H74N2O2. The minimum absolute atomic E-state index is 0.278. The predicted molar refractivity (Wildman–Crippen MR) is 175 cm³/mol. The number of nitrogens with two attached hydrogens (primary N) is 1. The van der Waals surface area contributed by atoms with Crippen molar-refractivity contribution >= 4 is 5.97 Å². The molecule has 4 nitrogen and oxygen atoms in total. The first-order valence-electron chi connectivity index (χ1n) is 17.5. The first-order valence-corrected chi connectivity index (χ1v) is 17.5. The lowest BCUT2D eigenvalue weighted by Crippen LogP contribution is -2.20. The van der Waals surface area contributed by atoms with Gasteiger partial charge in [0.25, 0.3) is 0 Å². The molecule has 0 radical (unpaired) electrons. The molecule has 0 aromatic rings. The Morgan fingerprint density at radius 1 is 0.564 bits per heavy atom. The lowest BCUT2D eigenvalue weighted by atomic mass is 10.0. The molecule has 0 fully saturated rings. The van der Waals surface area contributed by atoms with Crippen molar-refractivity contribution in [3.8, 4) is 0 Å². The number of carboxylic acid groups (broad SMARTS) is 1. The topological polar surface area (TPSA) is 66.6 Å². The number of hydrogen-bond donors (Lipinski definition) is 2. The fourth-order valence-electron chi connectivity index (χ4n) is 5.21. The Bertz CT molecular complexity index is 456. The Kier molecular flexibility index (Phi) is 36.8. The molecule has 236 valence electrons. The smallest absolute Gasteiger partial charge is 0.317 e. The van der Waals surface area contributed by atoms with Crippen LogP contribution in [-0.2, 0) is 4.79 Å². The zero-order valence-corrected chi connectivity index (χ0v) is 27.5. The maximum absolute atomic E-state index is 9.24. The molecule has 39 heavy (non-hydrogen) atoms. The van der Waals surface area contributed by atoms with Crippen LogP contribution in [0, 0.1) is 5.92 Å². The first kappa shape index (κ1) is 40.5. The molecule has 0 unspecified atom stereocenters. The maximum atomic E-state index is 9.24. The monoisotopic (exact) mass is 555 g/mol. The van der Waals surface area contributed by atoms with E-state index in [0.29, 0.717) is 0 Å². The van der Waals surface area contributed by atoms with Gasteiger partial charge in [-0.1, -0.05) is 175 Å². The van der Waals surface area contributed by atoms with E-state index in [1.165, 1.54) is 180 Å².